The van der Waals surface area contributed by atoms with Crippen molar-refractivity contribution in [2.24, 2.45) is 0 Å². The molecule has 11 heteroatoms. The second-order valence-electron chi connectivity index (χ2n) is 9.06. The maximum atomic E-state index is 11.6. The number of carbonyl (C=O) groups is 1. The number of nitrogens with zero attached hydrogens (tertiary/aromatic N) is 2. The SMILES string of the molecule is CCOC(=O)OC[C@H]1O[C@@](O)(Oc2nn(C(C)C)c(C)c2Cc2ccc(CC)cc2)[C@H](O)[C@@H](O)[C@@H]1O. The quantitative estimate of drug-likeness (QED) is 0.290. The van der Waals surface area contributed by atoms with E-state index in [1.807, 2.05) is 45.0 Å². The number of rotatable bonds is 9. The van der Waals surface area contributed by atoms with Crippen LogP contribution < -0.4 is 4.74 Å². The fraction of sp³-hybridized carbons (Fsp3) is 0.600. The fourth-order valence-electron chi connectivity index (χ4n) is 4.06. The predicted molar refractivity (Wildman–Crippen MR) is 127 cm³/mol. The highest BCUT2D eigenvalue weighted by Crippen LogP contribution is 2.34. The highest BCUT2D eigenvalue weighted by Gasteiger charge is 2.56. The summed E-state index contributed by atoms with van der Waals surface area (Å²) in [5, 5.41) is 46.9. The van der Waals surface area contributed by atoms with Crippen molar-refractivity contribution in [2.75, 3.05) is 13.2 Å². The molecular formula is C25H36N2O9. The zero-order valence-corrected chi connectivity index (χ0v) is 21.2. The molecule has 0 aliphatic carbocycles. The largest absolute Gasteiger partial charge is 0.508 e. The topological polar surface area (TPSA) is 153 Å². The molecule has 0 unspecified atom stereocenters. The average Bonchev–Trinajstić information content (AvgIpc) is 3.15. The molecule has 1 aliphatic rings. The van der Waals surface area contributed by atoms with Crippen LogP contribution in [0.4, 0.5) is 4.79 Å². The summed E-state index contributed by atoms with van der Waals surface area (Å²) in [6.07, 6.45) is -6.69. The van der Waals surface area contributed by atoms with E-state index < -0.39 is 43.2 Å². The molecule has 1 aromatic heterocycles. The Kier molecular flexibility index (Phi) is 8.96. The van der Waals surface area contributed by atoms with E-state index in [-0.39, 0.29) is 18.5 Å². The minimum atomic E-state index is -2.79. The summed E-state index contributed by atoms with van der Waals surface area (Å²) in [6.45, 7) is 8.92. The molecule has 0 spiro atoms. The average molecular weight is 509 g/mol. The number of benzene rings is 1. The predicted octanol–water partition coefficient (Wildman–Crippen LogP) is 1.61. The zero-order chi connectivity index (χ0) is 26.6. The highest BCUT2D eigenvalue weighted by molar-refractivity contribution is 5.59. The maximum absolute atomic E-state index is 11.6. The van der Waals surface area contributed by atoms with E-state index in [0.717, 1.165) is 17.7 Å². The Balaban J connectivity index is 1.89. The van der Waals surface area contributed by atoms with Crippen LogP contribution in [0.5, 0.6) is 5.88 Å². The molecule has 200 valence electrons. The van der Waals surface area contributed by atoms with Crippen LogP contribution in [0, 0.1) is 6.92 Å². The Bertz CT molecular complexity index is 1020. The van der Waals surface area contributed by atoms with Gasteiger partial charge >= 0.3 is 12.1 Å². The lowest BCUT2D eigenvalue weighted by Gasteiger charge is -2.44. The minimum Gasteiger partial charge on any atom is -0.435 e. The number of aryl methyl sites for hydroxylation is 1. The second-order valence-corrected chi connectivity index (χ2v) is 9.06. The zero-order valence-electron chi connectivity index (χ0n) is 21.2. The third kappa shape index (κ3) is 5.98. The Morgan fingerprint density at radius 1 is 1.11 bits per heavy atom. The monoisotopic (exact) mass is 508 g/mol. The van der Waals surface area contributed by atoms with Gasteiger partial charge in [-0.3, -0.25) is 4.68 Å². The molecule has 3 rings (SSSR count). The van der Waals surface area contributed by atoms with Gasteiger partial charge in [0.05, 0.1) is 6.61 Å². The van der Waals surface area contributed by atoms with Gasteiger partial charge in [0.15, 0.2) is 6.10 Å². The maximum Gasteiger partial charge on any atom is 0.508 e. The van der Waals surface area contributed by atoms with Gasteiger partial charge in [0.1, 0.15) is 24.9 Å². The number of aromatic nitrogens is 2. The molecule has 2 heterocycles. The Morgan fingerprint density at radius 3 is 2.33 bits per heavy atom. The minimum absolute atomic E-state index is 0.00373. The van der Waals surface area contributed by atoms with Crippen molar-refractivity contribution in [3.63, 3.8) is 0 Å². The molecule has 36 heavy (non-hydrogen) atoms. The summed E-state index contributed by atoms with van der Waals surface area (Å²) in [5.41, 5.74) is 3.62. The molecule has 1 aliphatic heterocycles. The highest BCUT2D eigenvalue weighted by atomic mass is 16.8. The molecule has 1 saturated heterocycles. The number of aliphatic hydroxyl groups is 4. The van der Waals surface area contributed by atoms with Gasteiger partial charge in [-0.1, -0.05) is 31.2 Å². The van der Waals surface area contributed by atoms with Crippen molar-refractivity contribution in [2.45, 2.75) is 83.9 Å². The molecule has 0 amide bonds. The van der Waals surface area contributed by atoms with E-state index in [1.54, 1.807) is 11.6 Å². The van der Waals surface area contributed by atoms with Crippen molar-refractivity contribution in [3.05, 3.63) is 46.6 Å². The third-order valence-electron chi connectivity index (χ3n) is 6.16. The van der Waals surface area contributed by atoms with Crippen LogP contribution >= 0.6 is 0 Å². The standard InChI is InChI=1S/C25H36N2O9/c1-6-16-8-10-17(11-9-16)12-18-15(5)27(14(3)4)26-23(18)36-25(32)22(30)21(29)20(28)19(35-25)13-34-24(31)33-7-2/h8-11,14,19-22,28-30,32H,6-7,12-13H2,1-5H3/t19-,20-,21+,22-,25-/m1/s1. The molecule has 2 aromatic rings. The normalized spacial score (nSPS) is 26.2. The third-order valence-corrected chi connectivity index (χ3v) is 6.16. The van der Waals surface area contributed by atoms with E-state index >= 15 is 0 Å². The number of hydrogen-bond acceptors (Lipinski definition) is 10. The number of carbonyl (C=O) groups excluding carboxylic acids is 1. The van der Waals surface area contributed by atoms with E-state index in [0.29, 0.717) is 12.0 Å². The van der Waals surface area contributed by atoms with Crippen molar-refractivity contribution in [1.29, 1.82) is 0 Å². The summed E-state index contributed by atoms with van der Waals surface area (Å²) in [4.78, 5) is 11.6. The number of hydrogen-bond donors (Lipinski definition) is 4. The molecule has 1 aromatic carbocycles. The molecule has 0 saturated carbocycles. The lowest BCUT2D eigenvalue weighted by atomic mass is 9.97. The fourth-order valence-corrected chi connectivity index (χ4v) is 4.06. The van der Waals surface area contributed by atoms with Gasteiger partial charge in [0.2, 0.25) is 5.88 Å². The van der Waals surface area contributed by atoms with Crippen molar-refractivity contribution in [1.82, 2.24) is 9.78 Å². The summed E-state index contributed by atoms with van der Waals surface area (Å²) < 4.78 is 22.4. The van der Waals surface area contributed by atoms with Gasteiger partial charge in [0.25, 0.3) is 0 Å². The van der Waals surface area contributed by atoms with Crippen molar-refractivity contribution >= 4 is 6.16 Å². The molecule has 1 fully saturated rings. The smallest absolute Gasteiger partial charge is 0.435 e. The molecule has 0 bridgehead atoms. The van der Waals surface area contributed by atoms with Gasteiger partial charge in [-0.2, -0.15) is 0 Å². The van der Waals surface area contributed by atoms with Crippen LogP contribution in [-0.2, 0) is 27.1 Å². The molecule has 4 N–H and O–H groups in total. The van der Waals surface area contributed by atoms with Gasteiger partial charge < -0.3 is 39.4 Å². The number of ether oxygens (including phenoxy) is 4. The van der Waals surface area contributed by atoms with Crippen LogP contribution in [0.25, 0.3) is 0 Å². The summed E-state index contributed by atoms with van der Waals surface area (Å²) >= 11 is 0. The van der Waals surface area contributed by atoms with Gasteiger partial charge in [-0.05, 0) is 45.2 Å². The van der Waals surface area contributed by atoms with E-state index in [9.17, 15) is 25.2 Å². The van der Waals surface area contributed by atoms with Crippen LogP contribution in [0.2, 0.25) is 0 Å². The van der Waals surface area contributed by atoms with Crippen molar-refractivity contribution in [3.8, 4) is 5.88 Å². The van der Waals surface area contributed by atoms with Crippen LogP contribution in [0.1, 0.15) is 56.1 Å². The summed E-state index contributed by atoms with van der Waals surface area (Å²) in [7, 11) is 0. The molecular weight excluding hydrogens is 472 g/mol. The lowest BCUT2D eigenvalue weighted by Crippen LogP contribution is -2.67. The molecule has 0 radical (unpaired) electrons. The lowest BCUT2D eigenvalue weighted by molar-refractivity contribution is -0.423. The first kappa shape index (κ1) is 27.9. The van der Waals surface area contributed by atoms with Crippen molar-refractivity contribution < 1.29 is 44.2 Å². The molecule has 11 nitrogen and oxygen atoms in total. The van der Waals surface area contributed by atoms with E-state index in [4.69, 9.17) is 14.2 Å². The van der Waals surface area contributed by atoms with Crippen LogP contribution in [-0.4, -0.2) is 80.0 Å². The Morgan fingerprint density at radius 2 is 1.75 bits per heavy atom. The van der Waals surface area contributed by atoms with Gasteiger partial charge in [0, 0.05) is 23.7 Å². The number of aliphatic hydroxyl groups excluding tert-OH is 3. The van der Waals surface area contributed by atoms with Crippen LogP contribution in [0.3, 0.4) is 0 Å². The van der Waals surface area contributed by atoms with Gasteiger partial charge in [-0.25, -0.2) is 4.79 Å². The van der Waals surface area contributed by atoms with E-state index in [2.05, 4.69) is 16.8 Å². The van der Waals surface area contributed by atoms with Gasteiger partial charge in [-0.15, -0.1) is 5.10 Å². The first-order chi connectivity index (χ1) is 17.0. The summed E-state index contributed by atoms with van der Waals surface area (Å²) in [6, 6.07) is 8.03. The van der Waals surface area contributed by atoms with E-state index in [1.165, 1.54) is 5.56 Å². The first-order valence-electron chi connectivity index (χ1n) is 12.1. The second kappa shape index (κ2) is 11.6. The Labute approximate surface area is 210 Å². The molecule has 5 atom stereocenters. The van der Waals surface area contributed by atoms with Crippen LogP contribution in [0.15, 0.2) is 24.3 Å². The summed E-state index contributed by atoms with van der Waals surface area (Å²) in [5.74, 6) is -2.79. The Hall–Kier alpha value is -2.70. The first-order valence-corrected chi connectivity index (χ1v) is 12.1.